The molecule has 0 bridgehead atoms. The van der Waals surface area contributed by atoms with Crippen molar-refractivity contribution in [2.75, 3.05) is 0 Å². The number of ether oxygens (including phenoxy) is 1. The van der Waals surface area contributed by atoms with Crippen molar-refractivity contribution < 1.29 is 22.7 Å². The van der Waals surface area contributed by atoms with Gasteiger partial charge in [0.25, 0.3) is 0 Å². The minimum Gasteiger partial charge on any atom is -0.456 e. The molecule has 0 aliphatic heterocycles. The number of nitrogens with one attached hydrogen (secondary N) is 1. The molecule has 0 atom stereocenters. The monoisotopic (exact) mass is 324 g/mol. The molecule has 0 spiro atoms. The van der Waals surface area contributed by atoms with Gasteiger partial charge in [-0.1, -0.05) is 6.07 Å². The van der Waals surface area contributed by atoms with Crippen molar-refractivity contribution >= 4 is 22.6 Å². The van der Waals surface area contributed by atoms with E-state index in [4.69, 9.17) is 11.3 Å². The van der Waals surface area contributed by atoms with Gasteiger partial charge in [-0.2, -0.15) is 13.2 Å². The van der Waals surface area contributed by atoms with Gasteiger partial charge in [-0.05, 0) is 33.8 Å². The minimum absolute atomic E-state index is 0.142. The molecular formula is C16H15F3N2O2. The summed E-state index contributed by atoms with van der Waals surface area (Å²) in [5, 5.41) is -0.322. The third kappa shape index (κ3) is 3.16. The summed E-state index contributed by atoms with van der Waals surface area (Å²) >= 11 is 0. The van der Waals surface area contributed by atoms with Gasteiger partial charge in [-0.25, -0.2) is 9.64 Å². The molecule has 1 N–H and O–H groups in total. The van der Waals surface area contributed by atoms with E-state index >= 15 is 0 Å². The fourth-order valence-corrected chi connectivity index (χ4v) is 2.37. The number of alkyl halides is 3. The lowest BCUT2D eigenvalue weighted by Gasteiger charge is -2.20. The quantitative estimate of drug-likeness (QED) is 0.592. The summed E-state index contributed by atoms with van der Waals surface area (Å²) in [7, 11) is 0. The Balaban J connectivity index is 2.83. The predicted molar refractivity (Wildman–Crippen MR) is 79.5 cm³/mol. The highest BCUT2D eigenvalue weighted by atomic mass is 19.4. The Morgan fingerprint density at radius 1 is 1.26 bits per heavy atom. The lowest BCUT2D eigenvalue weighted by molar-refractivity contribution is -0.135. The number of hydrogen-bond donors (Lipinski definition) is 1. The SMILES string of the molecule is [C-]#[N+]c1ccc2[nH]c(C)c(C(=O)OC(C)(C)C)c2c1C(F)(F)F. The molecule has 7 heteroatoms. The van der Waals surface area contributed by atoms with Crippen LogP contribution in [0.15, 0.2) is 12.1 Å². The number of hydrogen-bond acceptors (Lipinski definition) is 2. The maximum atomic E-state index is 13.4. The summed E-state index contributed by atoms with van der Waals surface area (Å²) in [5.41, 5.74) is -2.29. The molecular weight excluding hydrogens is 309 g/mol. The maximum absolute atomic E-state index is 13.4. The lowest BCUT2D eigenvalue weighted by Crippen LogP contribution is -2.24. The van der Waals surface area contributed by atoms with E-state index in [1.807, 2.05) is 0 Å². The molecule has 1 aromatic carbocycles. The predicted octanol–water partition coefficient (Wildman–Crippen LogP) is 5.00. The van der Waals surface area contributed by atoms with Crippen LogP contribution in [0.1, 0.15) is 42.4 Å². The van der Waals surface area contributed by atoms with Gasteiger partial charge in [-0.3, -0.25) is 0 Å². The van der Waals surface area contributed by atoms with Crippen LogP contribution >= 0.6 is 0 Å². The third-order valence-electron chi connectivity index (χ3n) is 3.14. The molecule has 0 unspecified atom stereocenters. The normalized spacial score (nSPS) is 12.3. The number of rotatable bonds is 1. The van der Waals surface area contributed by atoms with E-state index < -0.39 is 29.0 Å². The van der Waals surface area contributed by atoms with Gasteiger partial charge in [0.2, 0.25) is 0 Å². The average Bonchev–Trinajstić information content (AvgIpc) is 2.69. The first-order chi connectivity index (χ1) is 10.5. The Labute approximate surface area is 131 Å². The van der Waals surface area contributed by atoms with E-state index in [0.29, 0.717) is 0 Å². The van der Waals surface area contributed by atoms with Crippen molar-refractivity contribution in [1.29, 1.82) is 0 Å². The fraction of sp³-hybridized carbons (Fsp3) is 0.375. The molecule has 23 heavy (non-hydrogen) atoms. The molecule has 0 radical (unpaired) electrons. The average molecular weight is 324 g/mol. The largest absolute Gasteiger partial charge is 0.456 e. The first-order valence-corrected chi connectivity index (χ1v) is 6.79. The third-order valence-corrected chi connectivity index (χ3v) is 3.14. The summed E-state index contributed by atoms with van der Waals surface area (Å²) in [5.74, 6) is -0.853. The van der Waals surface area contributed by atoms with Crippen LogP contribution in [0.25, 0.3) is 15.7 Å². The van der Waals surface area contributed by atoms with Gasteiger partial charge in [0.1, 0.15) is 5.60 Å². The summed E-state index contributed by atoms with van der Waals surface area (Å²) in [6.45, 7) is 13.4. The molecule has 1 aromatic heterocycles. The second kappa shape index (κ2) is 5.30. The number of carbonyl (C=O) groups is 1. The van der Waals surface area contributed by atoms with Gasteiger partial charge < -0.3 is 9.72 Å². The van der Waals surface area contributed by atoms with Crippen LogP contribution in [-0.2, 0) is 10.9 Å². The second-order valence-corrected chi connectivity index (χ2v) is 6.12. The van der Waals surface area contributed by atoms with Crippen LogP contribution < -0.4 is 0 Å². The van der Waals surface area contributed by atoms with Crippen molar-refractivity contribution in [1.82, 2.24) is 4.98 Å². The summed E-state index contributed by atoms with van der Waals surface area (Å²) in [6.07, 6.45) is -4.76. The van der Waals surface area contributed by atoms with Crippen molar-refractivity contribution in [2.24, 2.45) is 0 Å². The van der Waals surface area contributed by atoms with Gasteiger partial charge in [0, 0.05) is 16.6 Å². The Kier molecular flexibility index (Phi) is 3.89. The van der Waals surface area contributed by atoms with Gasteiger partial charge in [0.15, 0.2) is 5.69 Å². The van der Waals surface area contributed by atoms with Crippen LogP contribution in [0.5, 0.6) is 0 Å². The number of aromatic nitrogens is 1. The number of aromatic amines is 1. The van der Waals surface area contributed by atoms with Crippen LogP contribution in [0.4, 0.5) is 18.9 Å². The molecule has 0 aliphatic carbocycles. The maximum Gasteiger partial charge on any atom is 0.408 e. The zero-order chi connectivity index (χ0) is 17.6. The molecule has 4 nitrogen and oxygen atoms in total. The molecule has 0 saturated carbocycles. The molecule has 0 saturated heterocycles. The van der Waals surface area contributed by atoms with E-state index in [9.17, 15) is 18.0 Å². The van der Waals surface area contributed by atoms with Crippen LogP contribution in [-0.4, -0.2) is 16.6 Å². The summed E-state index contributed by atoms with van der Waals surface area (Å²) in [4.78, 5) is 18.0. The number of esters is 1. The van der Waals surface area contributed by atoms with Crippen LogP contribution in [0, 0.1) is 13.5 Å². The van der Waals surface area contributed by atoms with Gasteiger partial charge in [0.05, 0.1) is 17.7 Å². The van der Waals surface area contributed by atoms with E-state index in [0.717, 1.165) is 6.07 Å². The molecule has 0 fully saturated rings. The Bertz CT molecular complexity index is 821. The van der Waals surface area contributed by atoms with Crippen molar-refractivity contribution in [3.05, 3.63) is 40.4 Å². The van der Waals surface area contributed by atoms with E-state index in [1.165, 1.54) is 13.0 Å². The Hall–Kier alpha value is -2.49. The zero-order valence-electron chi connectivity index (χ0n) is 13.1. The van der Waals surface area contributed by atoms with E-state index in [-0.39, 0.29) is 22.2 Å². The number of carbonyl (C=O) groups excluding carboxylic acids is 1. The fourth-order valence-electron chi connectivity index (χ4n) is 2.37. The summed E-state index contributed by atoms with van der Waals surface area (Å²) in [6, 6.07) is 2.45. The Morgan fingerprint density at radius 2 is 1.87 bits per heavy atom. The standard InChI is InChI=1S/C16H15F3N2O2/c1-8-11(14(22)23-15(2,3)4)12-9(21-8)6-7-10(20-5)13(12)16(17,18)19/h6-7,21H,1-4H3. The number of benzene rings is 1. The van der Waals surface area contributed by atoms with Crippen LogP contribution in [0.3, 0.4) is 0 Å². The number of aryl methyl sites for hydroxylation is 1. The van der Waals surface area contributed by atoms with Gasteiger partial charge >= 0.3 is 12.1 Å². The van der Waals surface area contributed by atoms with Crippen molar-refractivity contribution in [3.63, 3.8) is 0 Å². The number of halogens is 3. The minimum atomic E-state index is -4.76. The molecule has 2 rings (SSSR count). The smallest absolute Gasteiger partial charge is 0.408 e. The highest BCUT2D eigenvalue weighted by molar-refractivity contribution is 6.08. The zero-order valence-corrected chi connectivity index (χ0v) is 13.1. The number of H-pyrrole nitrogens is 1. The highest BCUT2D eigenvalue weighted by Gasteiger charge is 2.38. The first kappa shape index (κ1) is 16.9. The molecule has 0 amide bonds. The lowest BCUT2D eigenvalue weighted by atomic mass is 10.0. The van der Waals surface area contributed by atoms with Crippen molar-refractivity contribution in [3.8, 4) is 0 Å². The molecule has 1 heterocycles. The number of fused-ring (bicyclic) bond motifs is 1. The van der Waals surface area contributed by atoms with Crippen LogP contribution in [0.2, 0.25) is 0 Å². The topological polar surface area (TPSA) is 46.5 Å². The summed E-state index contributed by atoms with van der Waals surface area (Å²) < 4.78 is 45.5. The van der Waals surface area contributed by atoms with Crippen molar-refractivity contribution in [2.45, 2.75) is 39.5 Å². The second-order valence-electron chi connectivity index (χ2n) is 6.12. The van der Waals surface area contributed by atoms with Gasteiger partial charge in [-0.15, -0.1) is 0 Å². The first-order valence-electron chi connectivity index (χ1n) is 6.79. The highest BCUT2D eigenvalue weighted by Crippen LogP contribution is 2.43. The molecule has 2 aromatic rings. The Morgan fingerprint density at radius 3 is 2.35 bits per heavy atom. The number of nitrogens with zero attached hydrogens (tertiary/aromatic N) is 1. The van der Waals surface area contributed by atoms with E-state index in [2.05, 4.69) is 9.83 Å². The molecule has 0 aliphatic rings. The molecule has 122 valence electrons. The van der Waals surface area contributed by atoms with E-state index in [1.54, 1.807) is 20.8 Å².